The van der Waals surface area contributed by atoms with Gasteiger partial charge in [0.15, 0.2) is 0 Å². The number of aliphatic hydroxyl groups is 4. The molecule has 15 heavy (non-hydrogen) atoms. The highest BCUT2D eigenvalue weighted by molar-refractivity contribution is 5.07. The zero-order valence-electron chi connectivity index (χ0n) is 8.24. The Balaban J connectivity index is 2.09. The first-order chi connectivity index (χ1) is 7.09. The van der Waals surface area contributed by atoms with Crippen LogP contribution in [0.4, 0.5) is 0 Å². The van der Waals surface area contributed by atoms with Gasteiger partial charge in [-0.05, 0) is 6.42 Å². The van der Waals surface area contributed by atoms with Crippen molar-refractivity contribution >= 4 is 0 Å². The first-order valence-electron chi connectivity index (χ1n) is 5.02. The standard InChI is InChI=1S/C9H16O6/c10-2-1-6(12)9(13)4-15-7-5(11)3-14-8(7)9/h5-8,10-13H,1-4H2/t5-,6?,7-,8+,9+/m1/s1. The first-order valence-corrected chi connectivity index (χ1v) is 5.02. The summed E-state index contributed by atoms with van der Waals surface area (Å²) in [4.78, 5) is 0. The van der Waals surface area contributed by atoms with Crippen LogP contribution in [0.3, 0.4) is 0 Å². The largest absolute Gasteiger partial charge is 0.396 e. The van der Waals surface area contributed by atoms with E-state index in [4.69, 9.17) is 14.6 Å². The lowest BCUT2D eigenvalue weighted by Gasteiger charge is -2.31. The van der Waals surface area contributed by atoms with E-state index in [2.05, 4.69) is 0 Å². The molecule has 4 N–H and O–H groups in total. The van der Waals surface area contributed by atoms with Crippen molar-refractivity contribution in [3.05, 3.63) is 0 Å². The highest BCUT2D eigenvalue weighted by Gasteiger charge is 2.58. The number of aliphatic hydroxyl groups excluding tert-OH is 3. The van der Waals surface area contributed by atoms with Crippen LogP contribution in [-0.2, 0) is 9.47 Å². The van der Waals surface area contributed by atoms with Crippen LogP contribution in [0.5, 0.6) is 0 Å². The van der Waals surface area contributed by atoms with Crippen molar-refractivity contribution in [3.8, 4) is 0 Å². The van der Waals surface area contributed by atoms with Gasteiger partial charge in [-0.2, -0.15) is 0 Å². The van der Waals surface area contributed by atoms with Gasteiger partial charge in [0.25, 0.3) is 0 Å². The molecule has 0 aromatic heterocycles. The summed E-state index contributed by atoms with van der Waals surface area (Å²) in [6.07, 6.45) is -3.10. The van der Waals surface area contributed by atoms with E-state index in [1.807, 2.05) is 0 Å². The van der Waals surface area contributed by atoms with Gasteiger partial charge < -0.3 is 29.9 Å². The SMILES string of the molecule is OCCC(O)[C@@]1(O)CO[C@@H]2[C@H](O)CO[C@@H]21. The van der Waals surface area contributed by atoms with E-state index < -0.39 is 30.0 Å². The number of fused-ring (bicyclic) bond motifs is 1. The average Bonchev–Trinajstić information content (AvgIpc) is 2.72. The van der Waals surface area contributed by atoms with Crippen LogP contribution in [0.25, 0.3) is 0 Å². The van der Waals surface area contributed by atoms with Gasteiger partial charge >= 0.3 is 0 Å². The van der Waals surface area contributed by atoms with Gasteiger partial charge in [-0.15, -0.1) is 0 Å². The zero-order chi connectivity index (χ0) is 11.1. The highest BCUT2D eigenvalue weighted by Crippen LogP contribution is 2.36. The van der Waals surface area contributed by atoms with Crippen molar-refractivity contribution in [1.82, 2.24) is 0 Å². The lowest BCUT2D eigenvalue weighted by Crippen LogP contribution is -2.53. The molecule has 2 heterocycles. The maximum absolute atomic E-state index is 10.2. The maximum atomic E-state index is 10.2. The molecule has 5 atom stereocenters. The van der Waals surface area contributed by atoms with E-state index in [1.54, 1.807) is 0 Å². The molecule has 2 saturated heterocycles. The van der Waals surface area contributed by atoms with Crippen molar-refractivity contribution in [2.24, 2.45) is 0 Å². The molecule has 0 aromatic carbocycles. The van der Waals surface area contributed by atoms with E-state index in [0.717, 1.165) is 0 Å². The Morgan fingerprint density at radius 2 is 2.13 bits per heavy atom. The van der Waals surface area contributed by atoms with Gasteiger partial charge in [0, 0.05) is 6.61 Å². The molecule has 0 radical (unpaired) electrons. The minimum atomic E-state index is -1.52. The summed E-state index contributed by atoms with van der Waals surface area (Å²) in [5.41, 5.74) is -1.52. The molecule has 88 valence electrons. The van der Waals surface area contributed by atoms with Crippen LogP contribution in [-0.4, -0.2) is 70.3 Å². The minimum absolute atomic E-state index is 0.0581. The van der Waals surface area contributed by atoms with E-state index in [0.29, 0.717) is 0 Å². The van der Waals surface area contributed by atoms with Crippen LogP contribution in [0.15, 0.2) is 0 Å². The van der Waals surface area contributed by atoms with Crippen LogP contribution >= 0.6 is 0 Å². The second-order valence-corrected chi connectivity index (χ2v) is 4.12. The topological polar surface area (TPSA) is 99.4 Å². The molecular weight excluding hydrogens is 204 g/mol. The van der Waals surface area contributed by atoms with Crippen molar-refractivity contribution in [1.29, 1.82) is 0 Å². The Hall–Kier alpha value is -0.240. The summed E-state index contributed by atoms with van der Waals surface area (Å²) in [5, 5.41) is 38.0. The van der Waals surface area contributed by atoms with Gasteiger partial charge in [0.1, 0.15) is 23.9 Å². The monoisotopic (exact) mass is 220 g/mol. The maximum Gasteiger partial charge on any atom is 0.142 e. The van der Waals surface area contributed by atoms with E-state index in [-0.39, 0.29) is 26.2 Å². The minimum Gasteiger partial charge on any atom is -0.396 e. The molecule has 0 aliphatic carbocycles. The molecular formula is C9H16O6. The highest BCUT2D eigenvalue weighted by atomic mass is 16.6. The summed E-state index contributed by atoms with van der Waals surface area (Å²) < 4.78 is 10.4. The molecule has 6 nitrogen and oxygen atoms in total. The van der Waals surface area contributed by atoms with Gasteiger partial charge in [-0.3, -0.25) is 0 Å². The molecule has 0 aromatic rings. The number of hydrogen-bond donors (Lipinski definition) is 4. The third kappa shape index (κ3) is 1.67. The van der Waals surface area contributed by atoms with Gasteiger partial charge in [0.2, 0.25) is 0 Å². The first kappa shape index (κ1) is 11.3. The van der Waals surface area contributed by atoms with Crippen molar-refractivity contribution in [2.75, 3.05) is 19.8 Å². The number of hydrogen-bond acceptors (Lipinski definition) is 6. The second kappa shape index (κ2) is 3.97. The van der Waals surface area contributed by atoms with Crippen LogP contribution in [0.1, 0.15) is 6.42 Å². The Labute approximate surface area is 87.1 Å². The zero-order valence-corrected chi connectivity index (χ0v) is 8.24. The van der Waals surface area contributed by atoms with Crippen molar-refractivity contribution in [3.63, 3.8) is 0 Å². The number of rotatable bonds is 3. The molecule has 2 fully saturated rings. The third-order valence-corrected chi connectivity index (χ3v) is 3.10. The van der Waals surface area contributed by atoms with Crippen LogP contribution in [0, 0.1) is 0 Å². The average molecular weight is 220 g/mol. The summed E-state index contributed by atoms with van der Waals surface area (Å²) in [5.74, 6) is 0. The summed E-state index contributed by atoms with van der Waals surface area (Å²) >= 11 is 0. The van der Waals surface area contributed by atoms with E-state index in [9.17, 15) is 15.3 Å². The Bertz CT molecular complexity index is 235. The van der Waals surface area contributed by atoms with Gasteiger partial charge in [-0.25, -0.2) is 0 Å². The third-order valence-electron chi connectivity index (χ3n) is 3.10. The molecule has 2 aliphatic heterocycles. The fraction of sp³-hybridized carbons (Fsp3) is 1.00. The predicted molar refractivity (Wildman–Crippen MR) is 48.1 cm³/mol. The molecule has 0 bridgehead atoms. The van der Waals surface area contributed by atoms with Gasteiger partial charge in [0.05, 0.1) is 19.3 Å². The smallest absolute Gasteiger partial charge is 0.142 e. The predicted octanol–water partition coefficient (Wildman–Crippen LogP) is -2.38. The van der Waals surface area contributed by atoms with Gasteiger partial charge in [-0.1, -0.05) is 0 Å². The molecule has 0 saturated carbocycles. The van der Waals surface area contributed by atoms with Crippen molar-refractivity contribution < 1.29 is 29.9 Å². The molecule has 1 unspecified atom stereocenters. The fourth-order valence-electron chi connectivity index (χ4n) is 2.19. The lowest BCUT2D eigenvalue weighted by molar-refractivity contribution is -0.140. The fourth-order valence-corrected chi connectivity index (χ4v) is 2.19. The molecule has 6 heteroatoms. The molecule has 0 spiro atoms. The number of ether oxygens (including phenoxy) is 2. The molecule has 2 aliphatic rings. The molecule has 0 amide bonds. The van der Waals surface area contributed by atoms with E-state index >= 15 is 0 Å². The summed E-state index contributed by atoms with van der Waals surface area (Å²) in [6.45, 7) is -0.201. The Kier molecular flexibility index (Phi) is 2.98. The van der Waals surface area contributed by atoms with Crippen molar-refractivity contribution in [2.45, 2.75) is 36.4 Å². The van der Waals surface area contributed by atoms with E-state index in [1.165, 1.54) is 0 Å². The van der Waals surface area contributed by atoms with Crippen LogP contribution in [0.2, 0.25) is 0 Å². The molecule has 2 rings (SSSR count). The Morgan fingerprint density at radius 1 is 1.40 bits per heavy atom. The summed E-state index contributed by atoms with van der Waals surface area (Å²) in [7, 11) is 0. The normalized spacial score (nSPS) is 46.8. The second-order valence-electron chi connectivity index (χ2n) is 4.12. The summed E-state index contributed by atoms with van der Waals surface area (Å²) in [6, 6.07) is 0. The Morgan fingerprint density at radius 3 is 2.80 bits per heavy atom. The van der Waals surface area contributed by atoms with Crippen LogP contribution < -0.4 is 0 Å². The quantitative estimate of drug-likeness (QED) is 0.424. The lowest BCUT2D eigenvalue weighted by atomic mass is 9.88.